The van der Waals surface area contributed by atoms with Crippen LogP contribution in [0.15, 0.2) is 47.9 Å². The van der Waals surface area contributed by atoms with Gasteiger partial charge < -0.3 is 9.84 Å². The predicted octanol–water partition coefficient (Wildman–Crippen LogP) is 4.60. The van der Waals surface area contributed by atoms with Crippen LogP contribution in [0.4, 0.5) is 13.2 Å². The highest BCUT2D eigenvalue weighted by molar-refractivity contribution is 6.76. The molecule has 0 amide bonds. The van der Waals surface area contributed by atoms with Gasteiger partial charge >= 0.3 is 6.18 Å². The zero-order chi connectivity index (χ0) is 27.7. The molecule has 0 aliphatic heterocycles. The Hall–Kier alpha value is -3.42. The molecule has 0 unspecified atom stereocenters. The Morgan fingerprint density at radius 3 is 2.53 bits per heavy atom. The molecule has 0 aliphatic carbocycles. The van der Waals surface area contributed by atoms with Crippen LogP contribution in [0, 0.1) is 0 Å². The van der Waals surface area contributed by atoms with Crippen LogP contribution in [-0.4, -0.2) is 55.7 Å². The molecule has 0 radical (unpaired) electrons. The molecule has 0 aliphatic rings. The first-order valence-electron chi connectivity index (χ1n) is 12.0. The van der Waals surface area contributed by atoms with Crippen LogP contribution in [0.25, 0.3) is 33.5 Å². The summed E-state index contributed by atoms with van der Waals surface area (Å²) in [6.07, 6.45) is 0.820. The summed E-state index contributed by atoms with van der Waals surface area (Å²) in [6, 6.07) is 4.06. The Balaban J connectivity index is 1.77. The van der Waals surface area contributed by atoms with Crippen molar-refractivity contribution in [3.63, 3.8) is 0 Å². The molecule has 0 aromatic carbocycles. The van der Waals surface area contributed by atoms with Crippen LogP contribution >= 0.6 is 0 Å². The number of aromatic nitrogens is 6. The van der Waals surface area contributed by atoms with Gasteiger partial charge in [0.1, 0.15) is 17.9 Å². The van der Waals surface area contributed by atoms with Gasteiger partial charge in [-0.25, -0.2) is 14.6 Å². The van der Waals surface area contributed by atoms with Crippen LogP contribution in [-0.2, 0) is 17.6 Å². The molecule has 0 spiro atoms. The van der Waals surface area contributed by atoms with E-state index in [1.54, 1.807) is 24.0 Å². The molecule has 0 saturated carbocycles. The lowest BCUT2D eigenvalue weighted by atomic mass is 10.1. The van der Waals surface area contributed by atoms with Gasteiger partial charge in [0, 0.05) is 32.6 Å². The topological polar surface area (TPSA) is 108 Å². The number of rotatable bonds is 9. The number of hydrogen-bond donors (Lipinski definition) is 1. The van der Waals surface area contributed by atoms with Crippen molar-refractivity contribution in [1.29, 1.82) is 0 Å². The molecule has 202 valence electrons. The highest BCUT2D eigenvalue weighted by atomic mass is 28.3. The molecule has 4 aromatic heterocycles. The van der Waals surface area contributed by atoms with Crippen molar-refractivity contribution >= 4 is 19.0 Å². The first-order valence-corrected chi connectivity index (χ1v) is 15.7. The summed E-state index contributed by atoms with van der Waals surface area (Å²) < 4.78 is 47.8. The molecule has 1 atom stereocenters. The minimum Gasteiger partial charge on any atom is -0.394 e. The molecule has 0 bridgehead atoms. The molecular weight excluding hydrogens is 517 g/mol. The summed E-state index contributed by atoms with van der Waals surface area (Å²) in [4.78, 5) is 26.3. The predicted molar refractivity (Wildman–Crippen MR) is 139 cm³/mol. The summed E-state index contributed by atoms with van der Waals surface area (Å²) in [5.41, 5.74) is 0.230. The van der Waals surface area contributed by atoms with Crippen molar-refractivity contribution in [3.05, 3.63) is 59.0 Å². The highest BCUT2D eigenvalue weighted by Crippen LogP contribution is 2.31. The normalized spacial score (nSPS) is 13.3. The van der Waals surface area contributed by atoms with Crippen molar-refractivity contribution < 1.29 is 23.0 Å². The summed E-state index contributed by atoms with van der Waals surface area (Å²) in [7, 11) is -1.24. The Kier molecular flexibility index (Phi) is 7.81. The molecule has 4 aromatic rings. The molecule has 0 saturated heterocycles. The zero-order valence-electron chi connectivity index (χ0n) is 21.5. The number of ether oxygens (including phenoxy) is 1. The lowest BCUT2D eigenvalue weighted by Gasteiger charge is -2.15. The summed E-state index contributed by atoms with van der Waals surface area (Å²) >= 11 is 0. The fourth-order valence-electron chi connectivity index (χ4n) is 3.68. The fourth-order valence-corrected chi connectivity index (χ4v) is 4.44. The second kappa shape index (κ2) is 10.7. The van der Waals surface area contributed by atoms with Gasteiger partial charge in [0.2, 0.25) is 0 Å². The van der Waals surface area contributed by atoms with E-state index in [1.807, 2.05) is 0 Å². The highest BCUT2D eigenvalue weighted by Gasteiger charge is 2.31. The maximum Gasteiger partial charge on any atom is 0.417 e. The van der Waals surface area contributed by atoms with Crippen molar-refractivity contribution in [3.8, 4) is 22.6 Å². The zero-order valence-corrected chi connectivity index (χ0v) is 22.5. The lowest BCUT2D eigenvalue weighted by molar-refractivity contribution is -0.137. The van der Waals surface area contributed by atoms with Crippen molar-refractivity contribution in [1.82, 2.24) is 29.3 Å². The van der Waals surface area contributed by atoms with E-state index in [0.29, 0.717) is 23.4 Å². The van der Waals surface area contributed by atoms with E-state index in [0.717, 1.165) is 18.3 Å². The number of nitrogens with zero attached hydrogens (tertiary/aromatic N) is 6. The monoisotopic (exact) mass is 546 g/mol. The SMILES string of the molecule is C[C@@H](CO)n1cnc2c(-c3cnn(COCC[Si](C)(C)C)c3)nc(-c3ccc(C(F)(F)F)cn3)cc2c1=O. The third-order valence-electron chi connectivity index (χ3n) is 5.99. The van der Waals surface area contributed by atoms with Crippen molar-refractivity contribution in [2.75, 3.05) is 13.2 Å². The van der Waals surface area contributed by atoms with Gasteiger partial charge in [0.05, 0.1) is 47.5 Å². The van der Waals surface area contributed by atoms with E-state index in [4.69, 9.17) is 4.74 Å². The maximum absolute atomic E-state index is 13.3. The number of hydrogen-bond acceptors (Lipinski definition) is 7. The van der Waals surface area contributed by atoms with Crippen LogP contribution in [0.5, 0.6) is 0 Å². The van der Waals surface area contributed by atoms with Gasteiger partial charge in [0.25, 0.3) is 5.56 Å². The van der Waals surface area contributed by atoms with E-state index in [9.17, 15) is 23.1 Å². The van der Waals surface area contributed by atoms with Gasteiger partial charge in [-0.3, -0.25) is 14.3 Å². The second-order valence-electron chi connectivity index (χ2n) is 10.3. The Morgan fingerprint density at radius 1 is 1.13 bits per heavy atom. The van der Waals surface area contributed by atoms with Crippen LogP contribution in [0.2, 0.25) is 25.7 Å². The maximum atomic E-state index is 13.3. The fraction of sp³-hybridized carbons (Fsp3) is 0.400. The van der Waals surface area contributed by atoms with Gasteiger partial charge in [-0.2, -0.15) is 18.3 Å². The van der Waals surface area contributed by atoms with Crippen molar-refractivity contribution in [2.45, 2.75) is 51.6 Å². The largest absolute Gasteiger partial charge is 0.417 e. The first kappa shape index (κ1) is 27.6. The average Bonchev–Trinajstić information content (AvgIpc) is 3.34. The Bertz CT molecular complexity index is 1480. The van der Waals surface area contributed by atoms with E-state index in [1.165, 1.54) is 23.0 Å². The molecule has 13 heteroatoms. The number of aliphatic hydroxyl groups excluding tert-OH is 1. The summed E-state index contributed by atoms with van der Waals surface area (Å²) in [5, 5.41) is 14.1. The molecule has 4 rings (SSSR count). The van der Waals surface area contributed by atoms with E-state index >= 15 is 0 Å². The third kappa shape index (κ3) is 6.17. The Labute approximate surface area is 218 Å². The summed E-state index contributed by atoms with van der Waals surface area (Å²) in [6.45, 7) is 9.03. The lowest BCUT2D eigenvalue weighted by Crippen LogP contribution is -2.25. The molecule has 4 heterocycles. The molecule has 0 fully saturated rings. The van der Waals surface area contributed by atoms with Gasteiger partial charge in [-0.1, -0.05) is 19.6 Å². The summed E-state index contributed by atoms with van der Waals surface area (Å²) in [5.74, 6) is 0. The molecule has 9 nitrogen and oxygen atoms in total. The number of aliphatic hydroxyl groups is 1. The van der Waals surface area contributed by atoms with Crippen LogP contribution < -0.4 is 5.56 Å². The Morgan fingerprint density at radius 2 is 1.89 bits per heavy atom. The number of halogens is 3. The minimum atomic E-state index is -4.53. The third-order valence-corrected chi connectivity index (χ3v) is 7.69. The molecular formula is C25H29F3N6O3Si. The van der Waals surface area contributed by atoms with E-state index in [-0.39, 0.29) is 30.1 Å². The number of alkyl halides is 3. The smallest absolute Gasteiger partial charge is 0.394 e. The van der Waals surface area contributed by atoms with Crippen LogP contribution in [0.1, 0.15) is 18.5 Å². The number of fused-ring (bicyclic) bond motifs is 1. The average molecular weight is 547 g/mol. The molecule has 38 heavy (non-hydrogen) atoms. The van der Waals surface area contributed by atoms with E-state index in [2.05, 4.69) is 39.7 Å². The number of pyridine rings is 2. The molecule has 1 N–H and O–H groups in total. The first-order chi connectivity index (χ1) is 17.9. The van der Waals surface area contributed by atoms with Gasteiger partial charge in [0.15, 0.2) is 0 Å². The minimum absolute atomic E-state index is 0.160. The van der Waals surface area contributed by atoms with Crippen molar-refractivity contribution in [2.24, 2.45) is 0 Å². The van der Waals surface area contributed by atoms with Crippen LogP contribution in [0.3, 0.4) is 0 Å². The quantitative estimate of drug-likeness (QED) is 0.241. The second-order valence-corrected chi connectivity index (χ2v) is 15.9. The van der Waals surface area contributed by atoms with Gasteiger partial charge in [-0.15, -0.1) is 0 Å². The standard InChI is InChI=1S/C25H29F3N6O3Si/c1-16(13-35)34-14-30-23-19(24(34)36)9-21(20-6-5-18(11-29-20)25(26,27)28)32-22(23)17-10-31-33(12-17)15-37-7-8-38(2,3)4/h5-6,9-12,14,16,35H,7-8,13,15H2,1-4H3/t16-/m0/s1. The van der Waals surface area contributed by atoms with E-state index < -0.39 is 31.4 Å². The van der Waals surface area contributed by atoms with Gasteiger partial charge in [-0.05, 0) is 31.2 Å².